The van der Waals surface area contributed by atoms with Crippen molar-refractivity contribution in [2.75, 3.05) is 13.1 Å². The van der Waals surface area contributed by atoms with Crippen LogP contribution in [-0.4, -0.2) is 30.0 Å². The number of nitrogens with zero attached hydrogens (tertiary/aromatic N) is 1. The van der Waals surface area contributed by atoms with Crippen molar-refractivity contribution in [3.8, 4) is 0 Å². The normalized spacial score (nSPS) is 21.2. The summed E-state index contributed by atoms with van der Waals surface area (Å²) in [4.78, 5) is 12.6. The third-order valence-corrected chi connectivity index (χ3v) is 1.77. The first-order chi connectivity index (χ1) is 4.72. The zero-order chi connectivity index (χ0) is 7.56. The molecule has 3 heteroatoms. The zero-order valence-corrected chi connectivity index (χ0v) is 6.17. The van der Waals surface area contributed by atoms with Crippen LogP contribution < -0.4 is 0 Å². The topological polar surface area (TPSA) is 40.2 Å². The van der Waals surface area contributed by atoms with E-state index in [-0.39, 0.29) is 5.91 Å². The lowest BCUT2D eigenvalue weighted by atomic mass is 10.3. The van der Waals surface area contributed by atoms with Gasteiger partial charge in [-0.05, 0) is 19.8 Å². The lowest BCUT2D eigenvalue weighted by Gasteiger charge is -2.15. The third kappa shape index (κ3) is 1.48. The lowest BCUT2D eigenvalue weighted by molar-refractivity contribution is -0.141. The van der Waals surface area contributed by atoms with Gasteiger partial charge in [-0.15, -0.1) is 0 Å². The van der Waals surface area contributed by atoms with Gasteiger partial charge in [0.15, 0.2) is 6.10 Å². The van der Waals surface area contributed by atoms with Crippen molar-refractivity contribution >= 4 is 5.91 Å². The Morgan fingerprint density at radius 2 is 1.90 bits per heavy atom. The Kier molecular flexibility index (Phi) is 2.27. The van der Waals surface area contributed by atoms with Gasteiger partial charge >= 0.3 is 0 Å². The molecular weight excluding hydrogens is 130 g/mol. The van der Waals surface area contributed by atoms with Gasteiger partial charge < -0.3 is 4.90 Å². The highest BCUT2D eigenvalue weighted by atomic mass is 16.3. The second-order valence-electron chi connectivity index (χ2n) is 2.67. The summed E-state index contributed by atoms with van der Waals surface area (Å²) < 4.78 is 0. The summed E-state index contributed by atoms with van der Waals surface area (Å²) >= 11 is 0. The standard InChI is InChI=1S/C7H12NO2/c1-6(9)7(10)8-4-2-3-5-8/h6H,2-5H2,1H3. The van der Waals surface area contributed by atoms with E-state index in [9.17, 15) is 9.90 Å². The van der Waals surface area contributed by atoms with E-state index in [1.54, 1.807) is 4.90 Å². The van der Waals surface area contributed by atoms with Gasteiger partial charge in [-0.25, -0.2) is 5.11 Å². The maximum atomic E-state index is 11.0. The smallest absolute Gasteiger partial charge is 0.254 e. The van der Waals surface area contributed by atoms with Crippen LogP contribution in [-0.2, 0) is 9.90 Å². The highest BCUT2D eigenvalue weighted by Crippen LogP contribution is 2.08. The Balaban J connectivity index is 2.40. The van der Waals surface area contributed by atoms with Crippen molar-refractivity contribution in [1.29, 1.82) is 0 Å². The summed E-state index contributed by atoms with van der Waals surface area (Å²) in [5.41, 5.74) is 0. The van der Waals surface area contributed by atoms with Crippen LogP contribution in [0.3, 0.4) is 0 Å². The maximum absolute atomic E-state index is 11.0. The monoisotopic (exact) mass is 142 g/mol. The minimum Gasteiger partial charge on any atom is -0.340 e. The van der Waals surface area contributed by atoms with E-state index in [0.717, 1.165) is 25.9 Å². The molecule has 1 atom stereocenters. The number of amides is 1. The molecule has 1 aliphatic rings. The van der Waals surface area contributed by atoms with Gasteiger partial charge in [0.25, 0.3) is 5.91 Å². The molecule has 0 aromatic carbocycles. The van der Waals surface area contributed by atoms with Crippen molar-refractivity contribution in [1.82, 2.24) is 4.90 Å². The Labute approximate surface area is 60.6 Å². The number of hydrogen-bond acceptors (Lipinski definition) is 1. The lowest BCUT2D eigenvalue weighted by Crippen LogP contribution is -2.34. The van der Waals surface area contributed by atoms with Crippen LogP contribution in [0.2, 0.25) is 0 Å². The van der Waals surface area contributed by atoms with Crippen LogP contribution >= 0.6 is 0 Å². The molecule has 0 aromatic rings. The van der Waals surface area contributed by atoms with Gasteiger partial charge in [-0.2, -0.15) is 0 Å². The second kappa shape index (κ2) is 3.01. The minimum atomic E-state index is -1.07. The molecule has 0 aliphatic carbocycles. The van der Waals surface area contributed by atoms with E-state index in [2.05, 4.69) is 0 Å². The molecule has 0 aromatic heterocycles. The summed E-state index contributed by atoms with van der Waals surface area (Å²) in [5.74, 6) is -0.238. The van der Waals surface area contributed by atoms with Crippen molar-refractivity contribution in [3.05, 3.63) is 0 Å². The van der Waals surface area contributed by atoms with Crippen LogP contribution in [0.15, 0.2) is 0 Å². The first-order valence-corrected chi connectivity index (χ1v) is 3.66. The fourth-order valence-corrected chi connectivity index (χ4v) is 1.19. The Bertz CT molecular complexity index is 128. The molecule has 0 saturated carbocycles. The van der Waals surface area contributed by atoms with Crippen LogP contribution in [0.1, 0.15) is 19.8 Å². The molecule has 0 spiro atoms. The molecule has 1 radical (unpaired) electrons. The molecule has 1 heterocycles. The highest BCUT2D eigenvalue weighted by molar-refractivity contribution is 5.80. The molecule has 57 valence electrons. The maximum Gasteiger partial charge on any atom is 0.254 e. The number of carbonyl (C=O) groups excluding carboxylic acids is 1. The quantitative estimate of drug-likeness (QED) is 0.523. The van der Waals surface area contributed by atoms with Gasteiger partial charge in [0, 0.05) is 13.1 Å². The van der Waals surface area contributed by atoms with E-state index in [0.29, 0.717) is 0 Å². The van der Waals surface area contributed by atoms with Crippen LogP contribution in [0.5, 0.6) is 0 Å². The Hall–Kier alpha value is -0.570. The number of hydrogen-bond donors (Lipinski definition) is 0. The largest absolute Gasteiger partial charge is 0.340 e. The highest BCUT2D eigenvalue weighted by Gasteiger charge is 2.21. The third-order valence-electron chi connectivity index (χ3n) is 1.77. The van der Waals surface area contributed by atoms with E-state index in [4.69, 9.17) is 0 Å². The van der Waals surface area contributed by atoms with Gasteiger partial charge in [0.1, 0.15) is 0 Å². The predicted molar refractivity (Wildman–Crippen MR) is 36.0 cm³/mol. The average Bonchev–Trinajstić information content (AvgIpc) is 2.36. The molecule has 3 nitrogen and oxygen atoms in total. The van der Waals surface area contributed by atoms with E-state index in [1.165, 1.54) is 6.92 Å². The van der Waals surface area contributed by atoms with Crippen molar-refractivity contribution in [2.24, 2.45) is 0 Å². The molecule has 1 fully saturated rings. The van der Waals surface area contributed by atoms with Crippen molar-refractivity contribution in [3.63, 3.8) is 0 Å². The second-order valence-corrected chi connectivity index (χ2v) is 2.67. The summed E-state index contributed by atoms with van der Waals surface area (Å²) in [7, 11) is 0. The van der Waals surface area contributed by atoms with E-state index in [1.807, 2.05) is 0 Å². The minimum absolute atomic E-state index is 0.238. The first kappa shape index (κ1) is 7.54. The molecule has 1 rings (SSSR count). The molecule has 0 bridgehead atoms. The SMILES string of the molecule is CC([O])C(=O)N1CCCC1. The fourth-order valence-electron chi connectivity index (χ4n) is 1.19. The van der Waals surface area contributed by atoms with Crippen LogP contribution in [0, 0.1) is 0 Å². The Morgan fingerprint density at radius 3 is 2.30 bits per heavy atom. The summed E-state index contributed by atoms with van der Waals surface area (Å²) in [6.07, 6.45) is 1.04. The van der Waals surface area contributed by atoms with Gasteiger partial charge in [0.2, 0.25) is 0 Å². The summed E-state index contributed by atoms with van der Waals surface area (Å²) in [5, 5.41) is 10.6. The van der Waals surface area contributed by atoms with E-state index >= 15 is 0 Å². The van der Waals surface area contributed by atoms with E-state index < -0.39 is 6.10 Å². The average molecular weight is 142 g/mol. The number of rotatable bonds is 1. The molecule has 0 N–H and O–H groups in total. The van der Waals surface area contributed by atoms with Gasteiger partial charge in [-0.1, -0.05) is 0 Å². The molecule has 10 heavy (non-hydrogen) atoms. The first-order valence-electron chi connectivity index (χ1n) is 3.66. The molecule has 1 saturated heterocycles. The molecule has 1 aliphatic heterocycles. The summed E-state index contributed by atoms with van der Waals surface area (Å²) in [6.45, 7) is 2.97. The number of carbonyl (C=O) groups is 1. The molecule has 1 unspecified atom stereocenters. The van der Waals surface area contributed by atoms with Crippen LogP contribution in [0.25, 0.3) is 0 Å². The summed E-state index contributed by atoms with van der Waals surface area (Å²) in [6, 6.07) is 0. The fraction of sp³-hybridized carbons (Fsp3) is 0.857. The predicted octanol–water partition coefficient (Wildman–Crippen LogP) is 0.428. The Morgan fingerprint density at radius 1 is 1.40 bits per heavy atom. The number of likely N-dealkylation sites (tertiary alicyclic amines) is 1. The van der Waals surface area contributed by atoms with Gasteiger partial charge in [0.05, 0.1) is 0 Å². The van der Waals surface area contributed by atoms with Crippen LogP contribution in [0.4, 0.5) is 0 Å². The molecule has 1 amide bonds. The van der Waals surface area contributed by atoms with Crippen molar-refractivity contribution in [2.45, 2.75) is 25.9 Å². The van der Waals surface area contributed by atoms with Crippen molar-refractivity contribution < 1.29 is 9.90 Å². The van der Waals surface area contributed by atoms with Gasteiger partial charge in [-0.3, -0.25) is 4.79 Å². The molecular formula is C7H12NO2. The zero-order valence-electron chi connectivity index (χ0n) is 6.17.